The third-order valence-corrected chi connectivity index (χ3v) is 4.63. The molecule has 2 atom stereocenters. The molecule has 104 valence electrons. The summed E-state index contributed by atoms with van der Waals surface area (Å²) in [5.41, 5.74) is 0. The van der Waals surface area contributed by atoms with Crippen molar-refractivity contribution in [1.82, 2.24) is 10.6 Å². The number of rotatable bonds is 4. The summed E-state index contributed by atoms with van der Waals surface area (Å²) in [7, 11) is 0. The molecule has 0 spiro atoms. The SMILES string of the molecule is C[C@@H](NC(=O)CC1CCNC1)C1CCCCCC1. The van der Waals surface area contributed by atoms with Crippen LogP contribution in [0.25, 0.3) is 0 Å². The van der Waals surface area contributed by atoms with Crippen LogP contribution in [-0.2, 0) is 4.79 Å². The van der Waals surface area contributed by atoms with Crippen molar-refractivity contribution >= 4 is 5.91 Å². The van der Waals surface area contributed by atoms with Crippen molar-refractivity contribution in [1.29, 1.82) is 0 Å². The lowest BCUT2D eigenvalue weighted by Crippen LogP contribution is -2.38. The Bertz CT molecular complexity index is 253. The fourth-order valence-electron chi connectivity index (χ4n) is 3.39. The summed E-state index contributed by atoms with van der Waals surface area (Å²) in [6.45, 7) is 4.29. The molecule has 2 N–H and O–H groups in total. The van der Waals surface area contributed by atoms with Gasteiger partial charge in [-0.25, -0.2) is 0 Å². The molecule has 1 aliphatic carbocycles. The summed E-state index contributed by atoms with van der Waals surface area (Å²) in [5, 5.41) is 6.56. The zero-order valence-corrected chi connectivity index (χ0v) is 11.7. The number of amides is 1. The summed E-state index contributed by atoms with van der Waals surface area (Å²) in [6.07, 6.45) is 9.92. The first kappa shape index (κ1) is 13.9. The molecule has 0 bridgehead atoms. The van der Waals surface area contributed by atoms with Gasteiger partial charge < -0.3 is 10.6 Å². The van der Waals surface area contributed by atoms with Gasteiger partial charge >= 0.3 is 0 Å². The van der Waals surface area contributed by atoms with Crippen molar-refractivity contribution in [2.75, 3.05) is 13.1 Å². The predicted molar refractivity (Wildman–Crippen MR) is 74.4 cm³/mol. The fraction of sp³-hybridized carbons (Fsp3) is 0.933. The van der Waals surface area contributed by atoms with Crippen molar-refractivity contribution in [3.63, 3.8) is 0 Å². The van der Waals surface area contributed by atoms with Crippen LogP contribution in [0.2, 0.25) is 0 Å². The third-order valence-electron chi connectivity index (χ3n) is 4.63. The molecule has 1 heterocycles. The Morgan fingerprint density at radius 3 is 2.56 bits per heavy atom. The maximum absolute atomic E-state index is 12.0. The quantitative estimate of drug-likeness (QED) is 0.755. The van der Waals surface area contributed by atoms with Crippen molar-refractivity contribution in [3.8, 4) is 0 Å². The van der Waals surface area contributed by atoms with Crippen molar-refractivity contribution in [2.24, 2.45) is 11.8 Å². The van der Waals surface area contributed by atoms with E-state index in [0.29, 0.717) is 24.3 Å². The molecule has 3 heteroatoms. The molecule has 1 aliphatic heterocycles. The Balaban J connectivity index is 1.71. The van der Waals surface area contributed by atoms with Crippen LogP contribution in [0.4, 0.5) is 0 Å². The molecule has 1 unspecified atom stereocenters. The molecular weight excluding hydrogens is 224 g/mol. The molecule has 0 radical (unpaired) electrons. The zero-order chi connectivity index (χ0) is 12.8. The van der Waals surface area contributed by atoms with E-state index >= 15 is 0 Å². The van der Waals surface area contributed by atoms with Crippen LogP contribution in [0, 0.1) is 11.8 Å². The summed E-state index contributed by atoms with van der Waals surface area (Å²) in [6, 6.07) is 0.366. The zero-order valence-electron chi connectivity index (χ0n) is 11.7. The molecule has 0 aromatic rings. The van der Waals surface area contributed by atoms with E-state index in [0.717, 1.165) is 19.5 Å². The minimum absolute atomic E-state index is 0.264. The Hall–Kier alpha value is -0.570. The van der Waals surface area contributed by atoms with Gasteiger partial charge in [0, 0.05) is 12.5 Å². The van der Waals surface area contributed by atoms with Gasteiger partial charge in [-0.3, -0.25) is 4.79 Å². The number of hydrogen-bond donors (Lipinski definition) is 2. The molecule has 3 nitrogen and oxygen atoms in total. The molecule has 2 aliphatic rings. The minimum Gasteiger partial charge on any atom is -0.353 e. The van der Waals surface area contributed by atoms with Gasteiger partial charge in [-0.05, 0) is 51.1 Å². The van der Waals surface area contributed by atoms with Gasteiger partial charge in [-0.15, -0.1) is 0 Å². The smallest absolute Gasteiger partial charge is 0.220 e. The predicted octanol–water partition coefficient (Wildman–Crippen LogP) is 2.46. The molecular formula is C15H28N2O. The van der Waals surface area contributed by atoms with Gasteiger partial charge in [0.15, 0.2) is 0 Å². The van der Waals surface area contributed by atoms with E-state index in [2.05, 4.69) is 17.6 Å². The van der Waals surface area contributed by atoms with Gasteiger partial charge in [0.2, 0.25) is 5.91 Å². The molecule has 1 saturated carbocycles. The van der Waals surface area contributed by atoms with E-state index in [1.807, 2.05) is 0 Å². The third kappa shape index (κ3) is 4.27. The van der Waals surface area contributed by atoms with Crippen molar-refractivity contribution in [2.45, 2.75) is 64.3 Å². The number of nitrogens with one attached hydrogen (secondary N) is 2. The highest BCUT2D eigenvalue weighted by Crippen LogP contribution is 2.25. The summed E-state index contributed by atoms with van der Waals surface area (Å²) < 4.78 is 0. The highest BCUT2D eigenvalue weighted by atomic mass is 16.1. The van der Waals surface area contributed by atoms with E-state index in [9.17, 15) is 4.79 Å². The van der Waals surface area contributed by atoms with E-state index in [1.54, 1.807) is 0 Å². The largest absolute Gasteiger partial charge is 0.353 e. The molecule has 2 fully saturated rings. The Morgan fingerprint density at radius 1 is 1.22 bits per heavy atom. The molecule has 0 aromatic heterocycles. The summed E-state index contributed by atoms with van der Waals surface area (Å²) in [5.74, 6) is 1.53. The van der Waals surface area contributed by atoms with Crippen LogP contribution in [-0.4, -0.2) is 25.0 Å². The highest BCUT2D eigenvalue weighted by Gasteiger charge is 2.23. The first-order valence-corrected chi connectivity index (χ1v) is 7.76. The average Bonchev–Trinajstić information content (AvgIpc) is 2.68. The van der Waals surface area contributed by atoms with Gasteiger partial charge in [0.25, 0.3) is 0 Å². The standard InChI is InChI=1S/C15H28N2O/c1-12(14-6-4-2-3-5-7-14)17-15(18)10-13-8-9-16-11-13/h12-14,16H,2-11H2,1H3,(H,17,18)/t12-,13?/m1/s1. The van der Waals surface area contributed by atoms with Gasteiger partial charge in [-0.1, -0.05) is 25.7 Å². The Kier molecular flexibility index (Phi) is 5.48. The highest BCUT2D eigenvalue weighted by molar-refractivity contribution is 5.76. The number of carbonyl (C=O) groups is 1. The average molecular weight is 252 g/mol. The van der Waals surface area contributed by atoms with Crippen LogP contribution in [0.5, 0.6) is 0 Å². The molecule has 2 rings (SSSR count). The normalized spacial score (nSPS) is 27.7. The van der Waals surface area contributed by atoms with Crippen LogP contribution in [0.15, 0.2) is 0 Å². The molecule has 1 saturated heterocycles. The first-order valence-electron chi connectivity index (χ1n) is 7.76. The lowest BCUT2D eigenvalue weighted by molar-refractivity contribution is -0.122. The Morgan fingerprint density at radius 2 is 1.94 bits per heavy atom. The van der Waals surface area contributed by atoms with E-state index in [-0.39, 0.29) is 5.91 Å². The maximum Gasteiger partial charge on any atom is 0.220 e. The fourth-order valence-corrected chi connectivity index (χ4v) is 3.39. The molecule has 0 aromatic carbocycles. The molecule has 1 amide bonds. The van der Waals surface area contributed by atoms with E-state index in [4.69, 9.17) is 0 Å². The van der Waals surface area contributed by atoms with Gasteiger partial charge in [0.1, 0.15) is 0 Å². The van der Waals surface area contributed by atoms with Crippen LogP contribution in [0.1, 0.15) is 58.3 Å². The van der Waals surface area contributed by atoms with Crippen LogP contribution < -0.4 is 10.6 Å². The van der Waals surface area contributed by atoms with Crippen molar-refractivity contribution in [3.05, 3.63) is 0 Å². The topological polar surface area (TPSA) is 41.1 Å². The monoisotopic (exact) mass is 252 g/mol. The second kappa shape index (κ2) is 7.13. The number of hydrogen-bond acceptors (Lipinski definition) is 2. The molecule has 18 heavy (non-hydrogen) atoms. The second-order valence-corrected chi connectivity index (χ2v) is 6.17. The number of carbonyl (C=O) groups excluding carboxylic acids is 1. The van der Waals surface area contributed by atoms with Gasteiger partial charge in [-0.2, -0.15) is 0 Å². The van der Waals surface area contributed by atoms with E-state index in [1.165, 1.54) is 38.5 Å². The lowest BCUT2D eigenvalue weighted by Gasteiger charge is -2.24. The summed E-state index contributed by atoms with van der Waals surface area (Å²) in [4.78, 5) is 12.0. The maximum atomic E-state index is 12.0. The lowest BCUT2D eigenvalue weighted by atomic mass is 9.92. The van der Waals surface area contributed by atoms with Crippen molar-refractivity contribution < 1.29 is 4.79 Å². The van der Waals surface area contributed by atoms with Crippen LogP contribution >= 0.6 is 0 Å². The first-order chi connectivity index (χ1) is 8.75. The minimum atomic E-state index is 0.264. The Labute approximate surface area is 111 Å². The van der Waals surface area contributed by atoms with E-state index < -0.39 is 0 Å². The van der Waals surface area contributed by atoms with Gasteiger partial charge in [0.05, 0.1) is 0 Å². The van der Waals surface area contributed by atoms with Crippen LogP contribution in [0.3, 0.4) is 0 Å². The second-order valence-electron chi connectivity index (χ2n) is 6.17. The summed E-state index contributed by atoms with van der Waals surface area (Å²) >= 11 is 0.